The van der Waals surface area contributed by atoms with Crippen molar-refractivity contribution in [3.8, 4) is 5.75 Å². The zero-order chi connectivity index (χ0) is 12.3. The van der Waals surface area contributed by atoms with E-state index in [0.717, 1.165) is 20.4 Å². The van der Waals surface area contributed by atoms with E-state index in [9.17, 15) is 0 Å². The second-order valence-corrected chi connectivity index (χ2v) is 4.90. The minimum Gasteiger partial charge on any atom is -0.495 e. The van der Waals surface area contributed by atoms with Gasteiger partial charge in [0.25, 0.3) is 0 Å². The molecule has 1 N–H and O–H groups in total. The van der Waals surface area contributed by atoms with Gasteiger partial charge in [0.1, 0.15) is 17.9 Å². The number of benzene rings is 1. The molecule has 0 aliphatic rings. The Balaban J connectivity index is 2.28. The van der Waals surface area contributed by atoms with E-state index < -0.39 is 0 Å². The molecule has 0 spiro atoms. The molecule has 2 aromatic rings. The number of hydrogen-bond acceptors (Lipinski definition) is 4. The molecular weight excluding hydrogens is 350 g/mol. The maximum atomic E-state index is 5.22. The van der Waals surface area contributed by atoms with Gasteiger partial charge in [-0.2, -0.15) is 0 Å². The van der Waals surface area contributed by atoms with Gasteiger partial charge in [-0.1, -0.05) is 0 Å². The minimum absolute atomic E-state index is 0.712. The highest BCUT2D eigenvalue weighted by Gasteiger charge is 2.04. The first-order chi connectivity index (χ1) is 8.20. The second-order valence-electron chi connectivity index (χ2n) is 3.19. The van der Waals surface area contributed by atoms with Gasteiger partial charge in [0, 0.05) is 18.0 Å². The number of nitrogens with one attached hydrogen (secondary N) is 1. The van der Waals surface area contributed by atoms with Gasteiger partial charge in [-0.25, -0.2) is 9.97 Å². The van der Waals surface area contributed by atoms with Gasteiger partial charge in [-0.15, -0.1) is 0 Å². The first-order valence-electron chi connectivity index (χ1n) is 4.77. The summed E-state index contributed by atoms with van der Waals surface area (Å²) in [7, 11) is 1.63. The van der Waals surface area contributed by atoms with Crippen LogP contribution in [0.5, 0.6) is 5.75 Å². The van der Waals surface area contributed by atoms with Crippen LogP contribution in [0.3, 0.4) is 0 Å². The van der Waals surface area contributed by atoms with Gasteiger partial charge >= 0.3 is 0 Å². The summed E-state index contributed by atoms with van der Waals surface area (Å²) in [6, 6.07) is 5.73. The van der Waals surface area contributed by atoms with E-state index in [1.807, 2.05) is 18.2 Å². The highest BCUT2D eigenvalue weighted by Crippen LogP contribution is 2.30. The van der Waals surface area contributed by atoms with Crippen LogP contribution in [0.2, 0.25) is 0 Å². The van der Waals surface area contributed by atoms with E-state index in [2.05, 4.69) is 47.1 Å². The normalized spacial score (nSPS) is 10.1. The highest BCUT2D eigenvalue weighted by atomic mass is 79.9. The van der Waals surface area contributed by atoms with Gasteiger partial charge in [0.15, 0.2) is 0 Å². The number of rotatable bonds is 3. The third kappa shape index (κ3) is 2.95. The van der Waals surface area contributed by atoms with Crippen LogP contribution < -0.4 is 10.1 Å². The van der Waals surface area contributed by atoms with Crippen molar-refractivity contribution in [1.29, 1.82) is 0 Å². The Bertz CT molecular complexity index is 534. The molecule has 0 saturated carbocycles. The van der Waals surface area contributed by atoms with E-state index in [4.69, 9.17) is 4.74 Å². The van der Waals surface area contributed by atoms with Crippen LogP contribution in [0.25, 0.3) is 0 Å². The van der Waals surface area contributed by atoms with Crippen molar-refractivity contribution in [2.24, 2.45) is 0 Å². The maximum absolute atomic E-state index is 5.22. The van der Waals surface area contributed by atoms with E-state index in [1.165, 1.54) is 6.33 Å². The van der Waals surface area contributed by atoms with Gasteiger partial charge < -0.3 is 10.1 Å². The quantitative estimate of drug-likeness (QED) is 0.907. The standard InChI is InChI=1S/C11H9Br2N3O/c1-17-10-4-7(2-3-8(10)12)16-11-9(13)5-14-6-15-11/h2-6H,1H3,(H,14,15,16). The molecule has 0 radical (unpaired) electrons. The van der Waals surface area contributed by atoms with Crippen molar-refractivity contribution in [2.45, 2.75) is 0 Å². The fraction of sp³-hybridized carbons (Fsp3) is 0.0909. The number of ether oxygens (including phenoxy) is 1. The summed E-state index contributed by atoms with van der Waals surface area (Å²) in [5, 5.41) is 3.18. The number of halogens is 2. The van der Waals surface area contributed by atoms with Crippen LogP contribution >= 0.6 is 31.9 Å². The van der Waals surface area contributed by atoms with Gasteiger partial charge in [-0.3, -0.25) is 0 Å². The molecule has 0 saturated heterocycles. The first kappa shape index (κ1) is 12.3. The molecule has 0 atom stereocenters. The fourth-order valence-corrected chi connectivity index (χ4v) is 2.01. The molecule has 17 heavy (non-hydrogen) atoms. The smallest absolute Gasteiger partial charge is 0.148 e. The zero-order valence-electron chi connectivity index (χ0n) is 8.95. The van der Waals surface area contributed by atoms with Gasteiger partial charge in [0.2, 0.25) is 0 Å². The number of methoxy groups -OCH3 is 1. The molecule has 2 rings (SSSR count). The predicted molar refractivity (Wildman–Crippen MR) is 73.7 cm³/mol. The monoisotopic (exact) mass is 357 g/mol. The van der Waals surface area contributed by atoms with Crippen LogP contribution in [0, 0.1) is 0 Å². The summed E-state index contributed by atoms with van der Waals surface area (Å²) in [4.78, 5) is 8.03. The van der Waals surface area contributed by atoms with Crippen molar-refractivity contribution in [3.05, 3.63) is 39.7 Å². The molecule has 1 aromatic heterocycles. The lowest BCUT2D eigenvalue weighted by Gasteiger charge is -2.09. The number of aromatic nitrogens is 2. The van der Waals surface area contributed by atoms with Gasteiger partial charge in [-0.05, 0) is 44.0 Å². The zero-order valence-corrected chi connectivity index (χ0v) is 12.1. The van der Waals surface area contributed by atoms with E-state index in [1.54, 1.807) is 13.3 Å². The minimum atomic E-state index is 0.712. The molecule has 0 amide bonds. The molecule has 0 aliphatic heterocycles. The summed E-state index contributed by atoms with van der Waals surface area (Å²) >= 11 is 6.78. The van der Waals surface area contributed by atoms with Crippen LogP contribution in [0.15, 0.2) is 39.7 Å². The molecule has 0 unspecified atom stereocenters. The molecule has 88 valence electrons. The summed E-state index contributed by atoms with van der Waals surface area (Å²) in [6.45, 7) is 0. The molecule has 0 fully saturated rings. The lowest BCUT2D eigenvalue weighted by Crippen LogP contribution is -1.96. The first-order valence-corrected chi connectivity index (χ1v) is 6.35. The molecule has 4 nitrogen and oxygen atoms in total. The Labute approximate surface area is 116 Å². The topological polar surface area (TPSA) is 47.0 Å². The van der Waals surface area contributed by atoms with Crippen LogP contribution in [0.1, 0.15) is 0 Å². The highest BCUT2D eigenvalue weighted by molar-refractivity contribution is 9.11. The van der Waals surface area contributed by atoms with Crippen LogP contribution in [-0.4, -0.2) is 17.1 Å². The predicted octanol–water partition coefficient (Wildman–Crippen LogP) is 3.75. The number of hydrogen-bond donors (Lipinski definition) is 1. The molecule has 1 heterocycles. The summed E-state index contributed by atoms with van der Waals surface area (Å²) < 4.78 is 6.94. The SMILES string of the molecule is COc1cc(Nc2ncncc2Br)ccc1Br. The van der Waals surface area contributed by atoms with Crippen molar-refractivity contribution >= 4 is 43.4 Å². The molecular formula is C11H9Br2N3O. The fourth-order valence-electron chi connectivity index (χ4n) is 1.28. The van der Waals surface area contributed by atoms with E-state index in [0.29, 0.717) is 5.82 Å². The summed E-state index contributed by atoms with van der Waals surface area (Å²) in [6.07, 6.45) is 3.18. The Kier molecular flexibility index (Phi) is 3.96. The number of anilines is 2. The van der Waals surface area contributed by atoms with Gasteiger partial charge in [0.05, 0.1) is 16.1 Å². The average molecular weight is 359 g/mol. The van der Waals surface area contributed by atoms with E-state index in [-0.39, 0.29) is 0 Å². The molecule has 0 aliphatic carbocycles. The van der Waals surface area contributed by atoms with Crippen LogP contribution in [-0.2, 0) is 0 Å². The van der Waals surface area contributed by atoms with E-state index >= 15 is 0 Å². The van der Waals surface area contributed by atoms with Crippen molar-refractivity contribution in [3.63, 3.8) is 0 Å². The number of nitrogens with zero attached hydrogens (tertiary/aromatic N) is 2. The van der Waals surface area contributed by atoms with Crippen molar-refractivity contribution < 1.29 is 4.74 Å². The average Bonchev–Trinajstić information content (AvgIpc) is 2.34. The maximum Gasteiger partial charge on any atom is 0.148 e. The molecule has 1 aromatic carbocycles. The summed E-state index contributed by atoms with van der Waals surface area (Å²) in [5.41, 5.74) is 0.893. The van der Waals surface area contributed by atoms with Crippen molar-refractivity contribution in [1.82, 2.24) is 9.97 Å². The molecule has 6 heteroatoms. The Morgan fingerprint density at radius 3 is 2.76 bits per heavy atom. The molecule has 0 bridgehead atoms. The Morgan fingerprint density at radius 2 is 2.06 bits per heavy atom. The largest absolute Gasteiger partial charge is 0.495 e. The van der Waals surface area contributed by atoms with Crippen LogP contribution in [0.4, 0.5) is 11.5 Å². The third-order valence-corrected chi connectivity index (χ3v) is 3.32. The Hall–Kier alpha value is -1.14. The second kappa shape index (κ2) is 5.46. The lowest BCUT2D eigenvalue weighted by molar-refractivity contribution is 0.412. The van der Waals surface area contributed by atoms with Crippen molar-refractivity contribution in [2.75, 3.05) is 12.4 Å². The Morgan fingerprint density at radius 1 is 1.24 bits per heavy atom. The third-order valence-electron chi connectivity index (χ3n) is 2.08. The lowest BCUT2D eigenvalue weighted by atomic mass is 10.3. The summed E-state index contributed by atoms with van der Waals surface area (Å²) in [5.74, 6) is 1.48.